The Labute approximate surface area is 147 Å². The molecule has 0 aliphatic carbocycles. The fourth-order valence-electron chi connectivity index (χ4n) is 2.49. The number of rotatable bonds is 7. The predicted molar refractivity (Wildman–Crippen MR) is 88.3 cm³/mol. The molecule has 25 heavy (non-hydrogen) atoms. The number of hydrogen-bond donors (Lipinski definition) is 4. The predicted octanol–water partition coefficient (Wildman–Crippen LogP) is 1.11. The van der Waals surface area contributed by atoms with Crippen LogP contribution >= 0.6 is 0 Å². The molecule has 0 aromatic carbocycles. The number of carbonyl (C=O) groups excluding carboxylic acids is 2. The number of aliphatic hydroxyl groups excluding tert-OH is 1. The highest BCUT2D eigenvalue weighted by Crippen LogP contribution is 2.32. The van der Waals surface area contributed by atoms with Crippen molar-refractivity contribution in [3.05, 3.63) is 11.7 Å². The first-order valence-corrected chi connectivity index (χ1v) is 8.20. The van der Waals surface area contributed by atoms with Gasteiger partial charge in [-0.3, -0.25) is 14.8 Å². The Morgan fingerprint density at radius 3 is 2.24 bits per heavy atom. The summed E-state index contributed by atoms with van der Waals surface area (Å²) in [6.45, 7) is 11.1. The highest BCUT2D eigenvalue weighted by molar-refractivity contribution is 5.88. The van der Waals surface area contributed by atoms with Crippen molar-refractivity contribution < 1.29 is 24.4 Å². The molecule has 0 saturated carbocycles. The molecule has 1 heterocycles. The SMILES string of the molecule is Cc1nc([C@@H](NC(=O)C(CC(C)C)C(O)C(=O)NO)C(C)(C)C)no1. The normalized spacial score (nSPS) is 15.6. The molecule has 0 radical (unpaired) electrons. The summed E-state index contributed by atoms with van der Waals surface area (Å²) in [6.07, 6.45) is -1.40. The zero-order valence-electron chi connectivity index (χ0n) is 15.5. The summed E-state index contributed by atoms with van der Waals surface area (Å²) in [5.74, 6) is -1.82. The summed E-state index contributed by atoms with van der Waals surface area (Å²) in [5, 5.41) is 25.5. The van der Waals surface area contributed by atoms with Crippen LogP contribution in [0.1, 0.15) is 58.8 Å². The first-order chi connectivity index (χ1) is 11.5. The number of amides is 2. The van der Waals surface area contributed by atoms with Gasteiger partial charge in [-0.25, -0.2) is 5.48 Å². The smallest absolute Gasteiger partial charge is 0.272 e. The standard InChI is InChI=1S/C16H28N4O5/c1-8(2)7-10(11(21)15(23)19-24)14(22)18-12(16(4,5)6)13-17-9(3)25-20-13/h8,10-12,21,24H,7H2,1-6H3,(H,18,22)(H,19,23)/t10?,11?,12-/m1/s1. The van der Waals surface area contributed by atoms with Crippen molar-refractivity contribution in [3.63, 3.8) is 0 Å². The van der Waals surface area contributed by atoms with Crippen LogP contribution in [-0.2, 0) is 9.59 Å². The molecule has 0 saturated heterocycles. The van der Waals surface area contributed by atoms with E-state index < -0.39 is 35.3 Å². The van der Waals surface area contributed by atoms with Gasteiger partial charge in [-0.2, -0.15) is 4.98 Å². The topological polar surface area (TPSA) is 138 Å². The van der Waals surface area contributed by atoms with Crippen LogP contribution in [0, 0.1) is 24.2 Å². The van der Waals surface area contributed by atoms with Crippen LogP contribution in [0.5, 0.6) is 0 Å². The van der Waals surface area contributed by atoms with Crippen molar-refractivity contribution in [2.75, 3.05) is 0 Å². The van der Waals surface area contributed by atoms with E-state index in [0.717, 1.165) is 0 Å². The van der Waals surface area contributed by atoms with Gasteiger partial charge < -0.3 is 14.9 Å². The third-order valence-electron chi connectivity index (χ3n) is 3.78. The van der Waals surface area contributed by atoms with E-state index >= 15 is 0 Å². The molecular formula is C16H28N4O5. The van der Waals surface area contributed by atoms with E-state index in [1.807, 2.05) is 34.6 Å². The molecular weight excluding hydrogens is 328 g/mol. The average Bonchev–Trinajstić information content (AvgIpc) is 2.93. The Morgan fingerprint density at radius 1 is 1.24 bits per heavy atom. The van der Waals surface area contributed by atoms with Crippen molar-refractivity contribution in [1.29, 1.82) is 0 Å². The Morgan fingerprint density at radius 2 is 1.84 bits per heavy atom. The lowest BCUT2D eigenvalue weighted by Gasteiger charge is -2.31. The minimum absolute atomic E-state index is 0.0531. The third-order valence-corrected chi connectivity index (χ3v) is 3.78. The zero-order chi connectivity index (χ0) is 19.4. The summed E-state index contributed by atoms with van der Waals surface area (Å²) in [4.78, 5) is 28.5. The Kier molecular flexibility index (Phi) is 7.06. The van der Waals surface area contributed by atoms with Crippen molar-refractivity contribution in [3.8, 4) is 0 Å². The van der Waals surface area contributed by atoms with Crippen molar-refractivity contribution >= 4 is 11.8 Å². The van der Waals surface area contributed by atoms with Gasteiger partial charge in [0.15, 0.2) is 5.82 Å². The number of hydroxylamine groups is 1. The van der Waals surface area contributed by atoms with Crippen LogP contribution in [0.25, 0.3) is 0 Å². The zero-order valence-corrected chi connectivity index (χ0v) is 15.5. The molecule has 0 bridgehead atoms. The van der Waals surface area contributed by atoms with E-state index in [4.69, 9.17) is 9.73 Å². The van der Waals surface area contributed by atoms with Gasteiger partial charge in [-0.15, -0.1) is 0 Å². The van der Waals surface area contributed by atoms with Gasteiger partial charge >= 0.3 is 0 Å². The van der Waals surface area contributed by atoms with Gasteiger partial charge in [0.2, 0.25) is 11.8 Å². The Hall–Kier alpha value is -2.00. The van der Waals surface area contributed by atoms with Crippen LogP contribution in [0.2, 0.25) is 0 Å². The van der Waals surface area contributed by atoms with Gasteiger partial charge in [0.1, 0.15) is 6.10 Å². The summed E-state index contributed by atoms with van der Waals surface area (Å²) >= 11 is 0. The molecule has 1 rings (SSSR count). The van der Waals surface area contributed by atoms with Crippen LogP contribution in [0.15, 0.2) is 4.52 Å². The van der Waals surface area contributed by atoms with Gasteiger partial charge in [-0.1, -0.05) is 39.8 Å². The van der Waals surface area contributed by atoms with Crippen molar-refractivity contribution in [2.45, 2.75) is 60.1 Å². The number of aromatic nitrogens is 2. The van der Waals surface area contributed by atoms with Crippen LogP contribution in [-0.4, -0.2) is 38.4 Å². The van der Waals surface area contributed by atoms with E-state index in [2.05, 4.69) is 15.5 Å². The van der Waals surface area contributed by atoms with Gasteiger partial charge in [-0.05, 0) is 17.8 Å². The summed E-state index contributed by atoms with van der Waals surface area (Å²) < 4.78 is 4.99. The largest absolute Gasteiger partial charge is 0.382 e. The van der Waals surface area contributed by atoms with Crippen molar-refractivity contribution in [1.82, 2.24) is 20.9 Å². The van der Waals surface area contributed by atoms with E-state index in [0.29, 0.717) is 11.7 Å². The lowest BCUT2D eigenvalue weighted by molar-refractivity contribution is -0.147. The molecule has 3 atom stereocenters. The highest BCUT2D eigenvalue weighted by atomic mass is 16.5. The number of nitrogens with zero attached hydrogens (tertiary/aromatic N) is 2. The molecule has 1 aromatic rings. The maximum absolute atomic E-state index is 12.8. The van der Waals surface area contributed by atoms with Crippen LogP contribution < -0.4 is 10.8 Å². The molecule has 9 nitrogen and oxygen atoms in total. The van der Waals surface area contributed by atoms with E-state index in [-0.39, 0.29) is 12.3 Å². The molecule has 9 heteroatoms. The van der Waals surface area contributed by atoms with Crippen molar-refractivity contribution in [2.24, 2.45) is 17.3 Å². The monoisotopic (exact) mass is 356 g/mol. The van der Waals surface area contributed by atoms with Crippen LogP contribution in [0.4, 0.5) is 0 Å². The van der Waals surface area contributed by atoms with E-state index in [1.165, 1.54) is 5.48 Å². The fourth-order valence-corrected chi connectivity index (χ4v) is 2.49. The Bertz CT molecular complexity index is 594. The fraction of sp³-hybridized carbons (Fsp3) is 0.750. The number of hydrogen-bond acceptors (Lipinski definition) is 7. The van der Waals surface area contributed by atoms with Gasteiger partial charge in [0.05, 0.1) is 12.0 Å². The lowest BCUT2D eigenvalue weighted by Crippen LogP contribution is -2.48. The second kappa shape index (κ2) is 8.39. The summed E-state index contributed by atoms with van der Waals surface area (Å²) in [5.41, 5.74) is 0.951. The molecule has 0 fully saturated rings. The maximum Gasteiger partial charge on any atom is 0.272 e. The van der Waals surface area contributed by atoms with Gasteiger partial charge in [0.25, 0.3) is 5.91 Å². The van der Waals surface area contributed by atoms with Crippen LogP contribution in [0.3, 0.4) is 0 Å². The molecule has 0 aliphatic heterocycles. The first-order valence-electron chi connectivity index (χ1n) is 8.20. The number of aliphatic hydroxyl groups is 1. The first kappa shape index (κ1) is 21.0. The number of aryl methyl sites for hydroxylation is 1. The molecule has 2 unspecified atom stereocenters. The summed E-state index contributed by atoms with van der Waals surface area (Å²) in [7, 11) is 0. The van der Waals surface area contributed by atoms with E-state index in [1.54, 1.807) is 6.92 Å². The Balaban J connectivity index is 3.07. The second-order valence-electron chi connectivity index (χ2n) is 7.64. The minimum Gasteiger partial charge on any atom is -0.382 e. The highest BCUT2D eigenvalue weighted by Gasteiger charge is 2.37. The van der Waals surface area contributed by atoms with E-state index in [9.17, 15) is 14.7 Å². The lowest BCUT2D eigenvalue weighted by atomic mass is 9.84. The third kappa shape index (κ3) is 5.79. The minimum atomic E-state index is -1.67. The molecule has 142 valence electrons. The molecule has 0 spiro atoms. The quantitative estimate of drug-likeness (QED) is 0.424. The number of carbonyl (C=O) groups is 2. The average molecular weight is 356 g/mol. The molecule has 0 aliphatic rings. The molecule has 4 N–H and O–H groups in total. The maximum atomic E-state index is 12.8. The summed E-state index contributed by atoms with van der Waals surface area (Å²) in [6, 6.07) is -0.573. The molecule has 2 amide bonds. The van der Waals surface area contributed by atoms with Gasteiger partial charge in [0, 0.05) is 6.92 Å². The number of nitrogens with one attached hydrogen (secondary N) is 2. The molecule has 1 aromatic heterocycles. The second-order valence-corrected chi connectivity index (χ2v) is 7.64.